The van der Waals surface area contributed by atoms with Gasteiger partial charge in [-0.25, -0.2) is 18.7 Å². The van der Waals surface area contributed by atoms with Crippen LogP contribution in [0.2, 0.25) is 0 Å². The van der Waals surface area contributed by atoms with E-state index in [0.29, 0.717) is 39.4 Å². The summed E-state index contributed by atoms with van der Waals surface area (Å²) in [4.78, 5) is 13.3. The van der Waals surface area contributed by atoms with Gasteiger partial charge in [0.2, 0.25) is 0 Å². The first-order valence-electron chi connectivity index (χ1n) is 8.53. The second kappa shape index (κ2) is 7.19. The van der Waals surface area contributed by atoms with Gasteiger partial charge in [0.05, 0.1) is 7.11 Å². The number of ether oxygens (including phenoxy) is 1. The molecule has 0 spiro atoms. The predicted octanol–water partition coefficient (Wildman–Crippen LogP) is 4.69. The number of fused-ring (bicyclic) bond motifs is 1. The molecule has 4 rings (SSSR count). The lowest BCUT2D eigenvalue weighted by molar-refractivity contribution is 0.419. The van der Waals surface area contributed by atoms with Gasteiger partial charge in [0.1, 0.15) is 28.7 Å². The summed E-state index contributed by atoms with van der Waals surface area (Å²) >= 11 is 0. The molecule has 7 heteroatoms. The lowest BCUT2D eigenvalue weighted by Gasteiger charge is -2.13. The highest BCUT2D eigenvalue weighted by atomic mass is 19.1. The molecule has 0 aliphatic heterocycles. The van der Waals surface area contributed by atoms with Crippen LogP contribution in [-0.2, 0) is 0 Å². The largest absolute Gasteiger partial charge is 0.494 e. The Morgan fingerprint density at radius 3 is 2.32 bits per heavy atom. The van der Waals surface area contributed by atoms with Gasteiger partial charge in [0.15, 0.2) is 5.82 Å². The number of hydrogen-bond acceptors (Lipinski definition) is 5. The van der Waals surface area contributed by atoms with Crippen LogP contribution in [0, 0.1) is 11.6 Å². The summed E-state index contributed by atoms with van der Waals surface area (Å²) in [5.74, 6) is 0.243. The summed E-state index contributed by atoms with van der Waals surface area (Å²) in [5, 5.41) is 3.73. The SMILES string of the molecule is CNc1nc(-c2cccnc2)nc2c(OC)cc(-c3cc(F)cc(F)c3)cc12. The van der Waals surface area contributed by atoms with E-state index in [1.54, 1.807) is 37.6 Å². The number of nitrogens with zero attached hydrogens (tertiary/aromatic N) is 3. The van der Waals surface area contributed by atoms with Gasteiger partial charge in [-0.05, 0) is 47.5 Å². The monoisotopic (exact) mass is 378 g/mol. The van der Waals surface area contributed by atoms with Crippen LogP contribution in [0.4, 0.5) is 14.6 Å². The maximum absolute atomic E-state index is 13.7. The van der Waals surface area contributed by atoms with Crippen molar-refractivity contribution in [3.05, 3.63) is 66.5 Å². The Morgan fingerprint density at radius 2 is 1.68 bits per heavy atom. The number of rotatable bonds is 4. The second-order valence-corrected chi connectivity index (χ2v) is 6.12. The lowest BCUT2D eigenvalue weighted by atomic mass is 10.0. The molecule has 140 valence electrons. The second-order valence-electron chi connectivity index (χ2n) is 6.12. The Kier molecular flexibility index (Phi) is 4.57. The molecule has 0 saturated heterocycles. The molecular weight excluding hydrogens is 362 g/mol. The number of aromatic nitrogens is 3. The van der Waals surface area contributed by atoms with Gasteiger partial charge in [-0.3, -0.25) is 4.98 Å². The summed E-state index contributed by atoms with van der Waals surface area (Å²) < 4.78 is 32.9. The number of benzene rings is 2. The van der Waals surface area contributed by atoms with E-state index in [1.807, 2.05) is 6.07 Å². The van der Waals surface area contributed by atoms with Crippen molar-refractivity contribution in [1.82, 2.24) is 15.0 Å². The minimum Gasteiger partial charge on any atom is -0.494 e. The van der Waals surface area contributed by atoms with E-state index in [1.165, 1.54) is 19.2 Å². The van der Waals surface area contributed by atoms with Crippen LogP contribution in [0.5, 0.6) is 5.75 Å². The number of pyridine rings is 1. The Bertz CT molecular complexity index is 1150. The van der Waals surface area contributed by atoms with Crippen LogP contribution < -0.4 is 10.1 Å². The third-order valence-corrected chi connectivity index (χ3v) is 4.34. The van der Waals surface area contributed by atoms with Gasteiger partial charge in [-0.1, -0.05) is 0 Å². The Balaban J connectivity index is 1.98. The fourth-order valence-electron chi connectivity index (χ4n) is 3.06. The van der Waals surface area contributed by atoms with Crippen LogP contribution in [0.15, 0.2) is 54.9 Å². The molecule has 0 bridgehead atoms. The zero-order chi connectivity index (χ0) is 19.7. The molecular formula is C21H16F2N4O. The van der Waals surface area contributed by atoms with E-state index in [-0.39, 0.29) is 0 Å². The molecule has 2 aromatic heterocycles. The molecule has 2 aromatic carbocycles. The van der Waals surface area contributed by atoms with Gasteiger partial charge >= 0.3 is 0 Å². The first-order chi connectivity index (χ1) is 13.6. The van der Waals surface area contributed by atoms with Crippen LogP contribution >= 0.6 is 0 Å². The number of nitrogens with one attached hydrogen (secondary N) is 1. The van der Waals surface area contributed by atoms with Crippen molar-refractivity contribution in [1.29, 1.82) is 0 Å². The minimum absolute atomic E-state index is 0.399. The fourth-order valence-corrected chi connectivity index (χ4v) is 3.06. The molecule has 0 saturated carbocycles. The van der Waals surface area contributed by atoms with Crippen molar-refractivity contribution in [3.8, 4) is 28.3 Å². The molecule has 5 nitrogen and oxygen atoms in total. The average molecular weight is 378 g/mol. The van der Waals surface area contributed by atoms with Crippen molar-refractivity contribution >= 4 is 16.7 Å². The zero-order valence-electron chi connectivity index (χ0n) is 15.2. The van der Waals surface area contributed by atoms with Gasteiger partial charge in [-0.2, -0.15) is 0 Å². The smallest absolute Gasteiger partial charge is 0.163 e. The van der Waals surface area contributed by atoms with Gasteiger partial charge in [0, 0.05) is 36.5 Å². The average Bonchev–Trinajstić information content (AvgIpc) is 2.72. The molecule has 0 unspecified atom stereocenters. The van der Waals surface area contributed by atoms with E-state index in [2.05, 4.69) is 20.3 Å². The van der Waals surface area contributed by atoms with Crippen molar-refractivity contribution in [2.24, 2.45) is 0 Å². The van der Waals surface area contributed by atoms with Gasteiger partial charge in [-0.15, -0.1) is 0 Å². The van der Waals surface area contributed by atoms with E-state index in [9.17, 15) is 8.78 Å². The lowest BCUT2D eigenvalue weighted by Crippen LogP contribution is -2.01. The molecule has 2 heterocycles. The minimum atomic E-state index is -0.647. The molecule has 4 aromatic rings. The fraction of sp³-hybridized carbons (Fsp3) is 0.0952. The first-order valence-corrected chi connectivity index (χ1v) is 8.53. The van der Waals surface area contributed by atoms with Crippen LogP contribution in [0.1, 0.15) is 0 Å². The van der Waals surface area contributed by atoms with Crippen molar-refractivity contribution in [2.45, 2.75) is 0 Å². The molecule has 0 atom stereocenters. The summed E-state index contributed by atoms with van der Waals surface area (Å²) in [7, 11) is 3.27. The normalized spacial score (nSPS) is 10.9. The summed E-state index contributed by atoms with van der Waals surface area (Å²) in [6.07, 6.45) is 3.35. The number of halogens is 2. The Hall–Kier alpha value is -3.61. The van der Waals surface area contributed by atoms with E-state index in [0.717, 1.165) is 11.6 Å². The summed E-state index contributed by atoms with van der Waals surface area (Å²) in [5.41, 5.74) is 2.34. The molecule has 1 N–H and O–H groups in total. The number of anilines is 1. The highest BCUT2D eigenvalue weighted by molar-refractivity contribution is 5.97. The van der Waals surface area contributed by atoms with Gasteiger partial charge in [0.25, 0.3) is 0 Å². The van der Waals surface area contributed by atoms with Crippen LogP contribution in [-0.4, -0.2) is 29.1 Å². The number of methoxy groups -OCH3 is 1. The maximum Gasteiger partial charge on any atom is 0.163 e. The topological polar surface area (TPSA) is 59.9 Å². The summed E-state index contributed by atoms with van der Waals surface area (Å²) in [6.45, 7) is 0. The van der Waals surface area contributed by atoms with Crippen molar-refractivity contribution in [3.63, 3.8) is 0 Å². The molecule has 0 aliphatic rings. The quantitative estimate of drug-likeness (QED) is 0.558. The Labute approximate surface area is 160 Å². The van der Waals surface area contributed by atoms with E-state index >= 15 is 0 Å². The Morgan fingerprint density at radius 1 is 0.929 bits per heavy atom. The molecule has 28 heavy (non-hydrogen) atoms. The highest BCUT2D eigenvalue weighted by Gasteiger charge is 2.15. The molecule has 0 fully saturated rings. The molecule has 0 amide bonds. The van der Waals surface area contributed by atoms with Crippen molar-refractivity contribution < 1.29 is 13.5 Å². The molecule has 0 radical (unpaired) electrons. The maximum atomic E-state index is 13.7. The van der Waals surface area contributed by atoms with Crippen LogP contribution in [0.3, 0.4) is 0 Å². The van der Waals surface area contributed by atoms with E-state index in [4.69, 9.17) is 4.74 Å². The zero-order valence-corrected chi connectivity index (χ0v) is 15.2. The van der Waals surface area contributed by atoms with Crippen LogP contribution in [0.25, 0.3) is 33.4 Å². The highest BCUT2D eigenvalue weighted by Crippen LogP contribution is 2.36. The van der Waals surface area contributed by atoms with E-state index < -0.39 is 11.6 Å². The summed E-state index contributed by atoms with van der Waals surface area (Å²) in [6, 6.07) is 10.5. The van der Waals surface area contributed by atoms with Crippen molar-refractivity contribution in [2.75, 3.05) is 19.5 Å². The molecule has 0 aliphatic carbocycles. The third kappa shape index (κ3) is 3.22. The third-order valence-electron chi connectivity index (χ3n) is 4.34. The standard InChI is InChI=1S/C21H16F2N4O/c1-24-21-17-8-14(13-6-15(22)10-16(23)7-13)9-18(28-2)19(17)26-20(27-21)12-4-3-5-25-11-12/h3-11H,1-2H3,(H,24,26,27). The number of hydrogen-bond donors (Lipinski definition) is 1. The van der Waals surface area contributed by atoms with Gasteiger partial charge < -0.3 is 10.1 Å². The predicted molar refractivity (Wildman–Crippen MR) is 104 cm³/mol. The first kappa shape index (κ1) is 17.8.